The van der Waals surface area contributed by atoms with Crippen LogP contribution in [0.15, 0.2) is 54.6 Å². The topological polar surface area (TPSA) is 32.7 Å². The molecule has 1 aliphatic rings. The molecule has 1 heterocycles. The first kappa shape index (κ1) is 15.9. The summed E-state index contributed by atoms with van der Waals surface area (Å²) in [7, 11) is 0. The number of nitrogens with zero attached hydrogens (tertiary/aromatic N) is 1. The van der Waals surface area contributed by atoms with Crippen LogP contribution in [-0.4, -0.2) is 35.7 Å². The van der Waals surface area contributed by atoms with Crippen LogP contribution in [0.5, 0.6) is 11.5 Å². The first-order valence-corrected chi connectivity index (χ1v) is 8.51. The smallest absolute Gasteiger partial charge is 0.119 e. The number of phenols is 1. The summed E-state index contributed by atoms with van der Waals surface area (Å²) in [6.07, 6.45) is 5.01. The number of hydrogen-bond donors (Lipinski definition) is 1. The summed E-state index contributed by atoms with van der Waals surface area (Å²) < 4.78 is 5.81. The monoisotopic (exact) mass is 311 g/mol. The molecule has 23 heavy (non-hydrogen) atoms. The summed E-state index contributed by atoms with van der Waals surface area (Å²) in [5.74, 6) is 1.09. The third-order valence-corrected chi connectivity index (χ3v) is 4.55. The van der Waals surface area contributed by atoms with Gasteiger partial charge in [0.1, 0.15) is 18.1 Å². The predicted octanol–water partition coefficient (Wildman–Crippen LogP) is 3.87. The van der Waals surface area contributed by atoms with Crippen molar-refractivity contribution >= 4 is 0 Å². The van der Waals surface area contributed by atoms with Gasteiger partial charge in [0.2, 0.25) is 0 Å². The van der Waals surface area contributed by atoms with Crippen LogP contribution in [0.4, 0.5) is 0 Å². The van der Waals surface area contributed by atoms with Crippen molar-refractivity contribution in [3.8, 4) is 11.5 Å². The molecule has 1 unspecified atom stereocenters. The highest BCUT2D eigenvalue weighted by Gasteiger charge is 2.22. The Hall–Kier alpha value is -2.00. The van der Waals surface area contributed by atoms with Crippen LogP contribution in [-0.2, 0) is 6.42 Å². The lowest BCUT2D eigenvalue weighted by molar-refractivity contribution is 0.122. The Kier molecular flexibility index (Phi) is 5.54. The maximum Gasteiger partial charge on any atom is 0.119 e. The molecular formula is C20H25NO2. The molecule has 0 radical (unpaired) electrons. The molecule has 0 aromatic heterocycles. The lowest BCUT2D eigenvalue weighted by Gasteiger charge is -2.35. The van der Waals surface area contributed by atoms with Gasteiger partial charge in [0.15, 0.2) is 0 Å². The molecule has 1 aliphatic heterocycles. The molecule has 1 fully saturated rings. The van der Waals surface area contributed by atoms with Gasteiger partial charge in [0.05, 0.1) is 0 Å². The van der Waals surface area contributed by atoms with Crippen LogP contribution in [0.3, 0.4) is 0 Å². The molecule has 0 saturated carbocycles. The minimum Gasteiger partial charge on any atom is -0.508 e. The maximum atomic E-state index is 9.30. The van der Waals surface area contributed by atoms with Crippen molar-refractivity contribution in [1.82, 2.24) is 4.90 Å². The van der Waals surface area contributed by atoms with Gasteiger partial charge in [0, 0.05) is 12.6 Å². The van der Waals surface area contributed by atoms with Gasteiger partial charge in [-0.2, -0.15) is 0 Å². The molecule has 122 valence electrons. The molecule has 1 N–H and O–H groups in total. The Morgan fingerprint density at radius 2 is 1.78 bits per heavy atom. The second-order valence-corrected chi connectivity index (χ2v) is 6.22. The van der Waals surface area contributed by atoms with E-state index in [1.54, 1.807) is 12.1 Å². The fourth-order valence-corrected chi connectivity index (χ4v) is 3.29. The summed E-state index contributed by atoms with van der Waals surface area (Å²) in [6, 6.07) is 18.3. The van der Waals surface area contributed by atoms with Gasteiger partial charge in [-0.25, -0.2) is 0 Å². The number of likely N-dealkylation sites (tertiary alicyclic amines) is 1. The van der Waals surface area contributed by atoms with E-state index in [9.17, 15) is 5.11 Å². The van der Waals surface area contributed by atoms with E-state index in [-0.39, 0.29) is 5.75 Å². The second-order valence-electron chi connectivity index (χ2n) is 6.22. The average Bonchev–Trinajstić information content (AvgIpc) is 2.59. The number of hydrogen-bond acceptors (Lipinski definition) is 3. The highest BCUT2D eigenvalue weighted by molar-refractivity contribution is 5.30. The average molecular weight is 311 g/mol. The Morgan fingerprint density at radius 3 is 2.57 bits per heavy atom. The minimum atomic E-state index is 0.274. The van der Waals surface area contributed by atoms with Crippen LogP contribution in [0, 0.1) is 0 Å². The van der Waals surface area contributed by atoms with Crippen molar-refractivity contribution in [3.05, 3.63) is 60.2 Å². The SMILES string of the molecule is Oc1ccc(OCCN2CCCCC2Cc2ccccc2)cc1. The third-order valence-electron chi connectivity index (χ3n) is 4.55. The highest BCUT2D eigenvalue weighted by atomic mass is 16.5. The maximum absolute atomic E-state index is 9.30. The number of phenolic OH excluding ortho intramolecular Hbond substituents is 1. The largest absolute Gasteiger partial charge is 0.508 e. The summed E-state index contributed by atoms with van der Waals surface area (Å²) in [4.78, 5) is 2.57. The van der Waals surface area contributed by atoms with Crippen LogP contribution >= 0.6 is 0 Å². The van der Waals surface area contributed by atoms with Gasteiger partial charge in [-0.05, 0) is 55.6 Å². The summed E-state index contributed by atoms with van der Waals surface area (Å²) in [5, 5.41) is 9.30. The van der Waals surface area contributed by atoms with E-state index in [0.717, 1.165) is 25.3 Å². The minimum absolute atomic E-state index is 0.274. The third kappa shape index (κ3) is 4.73. The van der Waals surface area contributed by atoms with Crippen LogP contribution in [0.2, 0.25) is 0 Å². The van der Waals surface area contributed by atoms with Crippen LogP contribution in [0.1, 0.15) is 24.8 Å². The van der Waals surface area contributed by atoms with Crippen molar-refractivity contribution in [1.29, 1.82) is 0 Å². The Morgan fingerprint density at radius 1 is 1.00 bits per heavy atom. The van der Waals surface area contributed by atoms with Gasteiger partial charge in [-0.1, -0.05) is 36.8 Å². The Labute approximate surface area is 138 Å². The number of aromatic hydroxyl groups is 1. The second kappa shape index (κ2) is 8.02. The van der Waals surface area contributed by atoms with Gasteiger partial charge in [0.25, 0.3) is 0 Å². The summed E-state index contributed by atoms with van der Waals surface area (Å²) >= 11 is 0. The van der Waals surface area contributed by atoms with Crippen molar-refractivity contribution in [2.45, 2.75) is 31.7 Å². The van der Waals surface area contributed by atoms with E-state index in [1.165, 1.54) is 24.8 Å². The molecular weight excluding hydrogens is 286 g/mol. The summed E-state index contributed by atoms with van der Waals surface area (Å²) in [5.41, 5.74) is 1.42. The molecule has 1 atom stereocenters. The molecule has 0 amide bonds. The van der Waals surface area contributed by atoms with Gasteiger partial charge >= 0.3 is 0 Å². The molecule has 3 nitrogen and oxygen atoms in total. The first-order valence-electron chi connectivity index (χ1n) is 8.51. The van der Waals surface area contributed by atoms with Crippen LogP contribution < -0.4 is 4.74 Å². The van der Waals surface area contributed by atoms with Gasteiger partial charge < -0.3 is 9.84 Å². The van der Waals surface area contributed by atoms with E-state index < -0.39 is 0 Å². The molecule has 2 aromatic carbocycles. The molecule has 1 saturated heterocycles. The lowest BCUT2D eigenvalue weighted by atomic mass is 9.96. The normalized spacial score (nSPS) is 18.7. The van der Waals surface area contributed by atoms with E-state index in [2.05, 4.69) is 35.2 Å². The van der Waals surface area contributed by atoms with E-state index >= 15 is 0 Å². The Balaban J connectivity index is 1.51. The van der Waals surface area contributed by atoms with Crippen molar-refractivity contribution < 1.29 is 9.84 Å². The zero-order valence-electron chi connectivity index (χ0n) is 13.5. The highest BCUT2D eigenvalue weighted by Crippen LogP contribution is 2.21. The predicted molar refractivity (Wildman–Crippen MR) is 93.0 cm³/mol. The fraction of sp³-hybridized carbons (Fsp3) is 0.400. The van der Waals surface area contributed by atoms with E-state index in [4.69, 9.17) is 4.74 Å². The number of benzene rings is 2. The molecule has 0 spiro atoms. The quantitative estimate of drug-likeness (QED) is 0.879. The molecule has 3 heteroatoms. The zero-order chi connectivity index (χ0) is 15.9. The van der Waals surface area contributed by atoms with Crippen LogP contribution in [0.25, 0.3) is 0 Å². The van der Waals surface area contributed by atoms with Crippen molar-refractivity contribution in [2.75, 3.05) is 19.7 Å². The van der Waals surface area contributed by atoms with E-state index in [1.807, 2.05) is 12.1 Å². The number of piperidine rings is 1. The first-order chi connectivity index (χ1) is 11.3. The molecule has 2 aromatic rings. The van der Waals surface area contributed by atoms with Crippen molar-refractivity contribution in [2.24, 2.45) is 0 Å². The molecule has 0 aliphatic carbocycles. The van der Waals surface area contributed by atoms with Gasteiger partial charge in [-0.15, -0.1) is 0 Å². The Bertz CT molecular complexity index is 582. The lowest BCUT2D eigenvalue weighted by Crippen LogP contribution is -2.43. The molecule has 0 bridgehead atoms. The zero-order valence-corrected chi connectivity index (χ0v) is 13.5. The number of ether oxygens (including phenoxy) is 1. The van der Waals surface area contributed by atoms with Crippen molar-refractivity contribution in [3.63, 3.8) is 0 Å². The molecule has 3 rings (SSSR count). The van der Waals surface area contributed by atoms with Gasteiger partial charge in [-0.3, -0.25) is 4.90 Å². The fourth-order valence-electron chi connectivity index (χ4n) is 3.29. The standard InChI is InChI=1S/C20H25NO2/c22-19-9-11-20(12-10-19)23-15-14-21-13-5-4-8-18(21)16-17-6-2-1-3-7-17/h1-3,6-7,9-12,18,22H,4-5,8,13-16H2. The van der Waals surface area contributed by atoms with E-state index in [0.29, 0.717) is 12.6 Å². The number of rotatable bonds is 6. The summed E-state index contributed by atoms with van der Waals surface area (Å²) in [6.45, 7) is 2.81.